The Balaban J connectivity index is 2.10. The zero-order chi connectivity index (χ0) is 9.97. The third kappa shape index (κ3) is 1.91. The summed E-state index contributed by atoms with van der Waals surface area (Å²) in [6.07, 6.45) is 5.14. The normalized spacial score (nSPS) is 10.4. The third-order valence-corrected chi connectivity index (χ3v) is 2.52. The van der Waals surface area contributed by atoms with Gasteiger partial charge < -0.3 is 10.5 Å². The van der Waals surface area contributed by atoms with E-state index in [1.165, 1.54) is 11.3 Å². The second-order valence-electron chi connectivity index (χ2n) is 2.75. The molecule has 0 aliphatic carbocycles. The summed E-state index contributed by atoms with van der Waals surface area (Å²) in [6, 6.07) is 0. The maximum absolute atomic E-state index is 5.46. The average molecular weight is 210 g/mol. The van der Waals surface area contributed by atoms with Crippen LogP contribution in [0.5, 0.6) is 10.9 Å². The van der Waals surface area contributed by atoms with Crippen molar-refractivity contribution in [3.05, 3.63) is 23.5 Å². The molecule has 0 radical (unpaired) electrons. The molecule has 0 spiro atoms. The summed E-state index contributed by atoms with van der Waals surface area (Å²) < 4.78 is 7.12. The number of hydrogen-bond acceptors (Lipinski definition) is 5. The summed E-state index contributed by atoms with van der Waals surface area (Å²) in [5.41, 5.74) is 5.46. The highest BCUT2D eigenvalue weighted by Crippen LogP contribution is 2.25. The number of rotatable bonds is 3. The van der Waals surface area contributed by atoms with Gasteiger partial charge in [0.2, 0.25) is 0 Å². The average Bonchev–Trinajstić information content (AvgIpc) is 2.76. The molecule has 0 unspecified atom stereocenters. The Morgan fingerprint density at radius 3 is 3.00 bits per heavy atom. The summed E-state index contributed by atoms with van der Waals surface area (Å²) in [5.74, 6) is 0.686. The summed E-state index contributed by atoms with van der Waals surface area (Å²) in [4.78, 5) is 5.07. The molecule has 0 saturated carbocycles. The van der Waals surface area contributed by atoms with E-state index in [1.54, 1.807) is 23.3 Å². The molecule has 74 valence electrons. The van der Waals surface area contributed by atoms with Gasteiger partial charge >= 0.3 is 0 Å². The second-order valence-corrected chi connectivity index (χ2v) is 3.83. The first kappa shape index (κ1) is 9.17. The molecule has 0 aliphatic rings. The minimum Gasteiger partial charge on any atom is -0.428 e. The highest BCUT2D eigenvalue weighted by molar-refractivity contribution is 7.13. The van der Waals surface area contributed by atoms with Gasteiger partial charge in [-0.3, -0.25) is 4.68 Å². The van der Waals surface area contributed by atoms with Crippen molar-refractivity contribution < 1.29 is 4.74 Å². The summed E-state index contributed by atoms with van der Waals surface area (Å²) in [5, 5.41) is 4.58. The van der Waals surface area contributed by atoms with Crippen LogP contribution < -0.4 is 10.5 Å². The van der Waals surface area contributed by atoms with Gasteiger partial charge in [-0.1, -0.05) is 11.3 Å². The van der Waals surface area contributed by atoms with E-state index in [4.69, 9.17) is 10.5 Å². The van der Waals surface area contributed by atoms with Gasteiger partial charge in [0.05, 0.1) is 12.4 Å². The highest BCUT2D eigenvalue weighted by Gasteiger charge is 2.04. The van der Waals surface area contributed by atoms with Crippen LogP contribution in [0.4, 0.5) is 0 Å². The second kappa shape index (κ2) is 3.77. The number of thiazole rings is 1. The zero-order valence-electron chi connectivity index (χ0n) is 7.67. The van der Waals surface area contributed by atoms with Crippen molar-refractivity contribution in [1.29, 1.82) is 0 Å². The summed E-state index contributed by atoms with van der Waals surface area (Å²) in [6.45, 7) is 0.494. The molecular formula is C8H10N4OS. The largest absolute Gasteiger partial charge is 0.428 e. The molecule has 2 aromatic rings. The fraction of sp³-hybridized carbons (Fsp3) is 0.250. The standard InChI is InChI=1S/C8H10N4OS/c1-12-5-6(3-11-12)13-8-10-4-7(2-9)14-8/h3-5H,2,9H2,1H3. The van der Waals surface area contributed by atoms with Gasteiger partial charge in [0, 0.05) is 24.7 Å². The molecule has 0 fully saturated rings. The van der Waals surface area contributed by atoms with Crippen molar-refractivity contribution in [1.82, 2.24) is 14.8 Å². The Morgan fingerprint density at radius 2 is 2.43 bits per heavy atom. The monoisotopic (exact) mass is 210 g/mol. The molecule has 14 heavy (non-hydrogen) atoms. The molecule has 2 aromatic heterocycles. The molecule has 2 rings (SSSR count). The molecule has 0 saturated heterocycles. The molecule has 0 aromatic carbocycles. The zero-order valence-corrected chi connectivity index (χ0v) is 8.49. The van der Waals surface area contributed by atoms with E-state index in [2.05, 4.69) is 10.1 Å². The Kier molecular flexibility index (Phi) is 2.47. The van der Waals surface area contributed by atoms with E-state index < -0.39 is 0 Å². The van der Waals surface area contributed by atoms with Crippen molar-refractivity contribution in [2.24, 2.45) is 12.8 Å². The number of nitrogens with zero attached hydrogens (tertiary/aromatic N) is 3. The van der Waals surface area contributed by atoms with Crippen LogP contribution in [0.2, 0.25) is 0 Å². The lowest BCUT2D eigenvalue weighted by Gasteiger charge is -1.94. The predicted octanol–water partition coefficient (Wildman–Crippen LogP) is 1.13. The fourth-order valence-electron chi connectivity index (χ4n) is 0.983. The number of hydrogen-bond donors (Lipinski definition) is 1. The minimum absolute atomic E-state index is 0.494. The van der Waals surface area contributed by atoms with Gasteiger partial charge in [-0.2, -0.15) is 5.10 Å². The van der Waals surface area contributed by atoms with Crippen LogP contribution in [0.25, 0.3) is 0 Å². The first-order valence-electron chi connectivity index (χ1n) is 4.09. The Morgan fingerprint density at radius 1 is 1.57 bits per heavy atom. The van der Waals surface area contributed by atoms with Crippen LogP contribution in [-0.2, 0) is 13.6 Å². The molecule has 0 aliphatic heterocycles. The van der Waals surface area contributed by atoms with Crippen LogP contribution in [-0.4, -0.2) is 14.8 Å². The van der Waals surface area contributed by atoms with Crippen LogP contribution in [0.1, 0.15) is 4.88 Å². The Labute approximate surface area is 85.1 Å². The molecule has 0 amide bonds. The van der Waals surface area contributed by atoms with E-state index in [0.29, 0.717) is 17.5 Å². The lowest BCUT2D eigenvalue weighted by atomic mass is 10.6. The van der Waals surface area contributed by atoms with Crippen molar-refractivity contribution >= 4 is 11.3 Å². The highest BCUT2D eigenvalue weighted by atomic mass is 32.1. The van der Waals surface area contributed by atoms with Gasteiger partial charge in [0.1, 0.15) is 0 Å². The van der Waals surface area contributed by atoms with Crippen molar-refractivity contribution in [2.75, 3.05) is 0 Å². The maximum Gasteiger partial charge on any atom is 0.279 e. The van der Waals surface area contributed by atoms with Gasteiger partial charge in [-0.25, -0.2) is 4.98 Å². The molecular weight excluding hydrogens is 200 g/mol. The number of ether oxygens (including phenoxy) is 1. The van der Waals surface area contributed by atoms with Gasteiger partial charge in [-0.05, 0) is 0 Å². The maximum atomic E-state index is 5.46. The number of nitrogens with two attached hydrogens (primary N) is 1. The van der Waals surface area contributed by atoms with Crippen molar-refractivity contribution in [2.45, 2.75) is 6.54 Å². The first-order valence-corrected chi connectivity index (χ1v) is 4.91. The van der Waals surface area contributed by atoms with E-state index in [9.17, 15) is 0 Å². The van der Waals surface area contributed by atoms with E-state index in [1.807, 2.05) is 7.05 Å². The predicted molar refractivity (Wildman–Crippen MR) is 53.3 cm³/mol. The summed E-state index contributed by atoms with van der Waals surface area (Å²) in [7, 11) is 1.83. The van der Waals surface area contributed by atoms with Gasteiger partial charge in [-0.15, -0.1) is 0 Å². The molecule has 6 heteroatoms. The molecule has 2 N–H and O–H groups in total. The minimum atomic E-state index is 0.494. The Hall–Kier alpha value is -1.40. The van der Waals surface area contributed by atoms with Crippen molar-refractivity contribution in [3.8, 4) is 10.9 Å². The van der Waals surface area contributed by atoms with E-state index >= 15 is 0 Å². The van der Waals surface area contributed by atoms with E-state index in [0.717, 1.165) is 4.88 Å². The lowest BCUT2D eigenvalue weighted by molar-refractivity contribution is 0.478. The molecule has 0 atom stereocenters. The molecule has 5 nitrogen and oxygen atoms in total. The SMILES string of the molecule is Cn1cc(Oc2ncc(CN)s2)cn1. The Bertz CT molecular complexity index is 422. The lowest BCUT2D eigenvalue weighted by Crippen LogP contribution is -1.91. The fourth-order valence-corrected chi connectivity index (χ4v) is 1.64. The topological polar surface area (TPSA) is 66.0 Å². The van der Waals surface area contributed by atoms with Crippen LogP contribution in [0, 0.1) is 0 Å². The van der Waals surface area contributed by atoms with Gasteiger partial charge in [0.15, 0.2) is 5.75 Å². The van der Waals surface area contributed by atoms with E-state index in [-0.39, 0.29) is 0 Å². The number of aryl methyl sites for hydroxylation is 1. The van der Waals surface area contributed by atoms with Crippen LogP contribution >= 0.6 is 11.3 Å². The number of aromatic nitrogens is 3. The van der Waals surface area contributed by atoms with Crippen molar-refractivity contribution in [3.63, 3.8) is 0 Å². The third-order valence-electron chi connectivity index (χ3n) is 1.62. The van der Waals surface area contributed by atoms with Crippen LogP contribution in [0.3, 0.4) is 0 Å². The molecule has 2 heterocycles. The molecule has 0 bridgehead atoms. The van der Waals surface area contributed by atoms with Gasteiger partial charge in [0.25, 0.3) is 5.19 Å². The quantitative estimate of drug-likeness (QED) is 0.824. The smallest absolute Gasteiger partial charge is 0.279 e. The summed E-state index contributed by atoms with van der Waals surface area (Å²) >= 11 is 1.44. The first-order chi connectivity index (χ1) is 6.78. The van der Waals surface area contributed by atoms with Crippen LogP contribution in [0.15, 0.2) is 18.6 Å².